The first-order valence-corrected chi connectivity index (χ1v) is 9.41. The molecule has 1 amide bonds. The molecule has 8 heteroatoms. The Balaban J connectivity index is 2.11. The molecule has 7 nitrogen and oxygen atoms in total. The van der Waals surface area contributed by atoms with Crippen molar-refractivity contribution in [3.05, 3.63) is 0 Å². The Morgan fingerprint density at radius 1 is 1.14 bits per heavy atom. The molecule has 1 aliphatic rings. The zero-order valence-electron chi connectivity index (χ0n) is 12.7. The average molecular weight is 322 g/mol. The zero-order valence-corrected chi connectivity index (χ0v) is 13.6. The number of hydrogen-bond acceptors (Lipinski definition) is 4. The first-order chi connectivity index (χ1) is 9.92. The predicted molar refractivity (Wildman–Crippen MR) is 80.4 cm³/mol. The van der Waals surface area contributed by atoms with E-state index in [1.54, 1.807) is 4.90 Å². The van der Waals surface area contributed by atoms with E-state index in [4.69, 9.17) is 14.5 Å². The summed E-state index contributed by atoms with van der Waals surface area (Å²) in [6, 6.07) is 0. The molecule has 1 saturated heterocycles. The minimum atomic E-state index is -3.86. The summed E-state index contributed by atoms with van der Waals surface area (Å²) in [5.74, 6) is 0. The van der Waals surface area contributed by atoms with Crippen LogP contribution >= 0.6 is 7.60 Å². The van der Waals surface area contributed by atoms with Crippen LogP contribution in [0.5, 0.6) is 0 Å². The number of nitrogens with zero attached hydrogens (tertiary/aromatic N) is 2. The van der Waals surface area contributed by atoms with Crippen molar-refractivity contribution in [2.75, 3.05) is 45.5 Å². The summed E-state index contributed by atoms with van der Waals surface area (Å²) in [4.78, 5) is 33.2. The summed E-state index contributed by atoms with van der Waals surface area (Å²) >= 11 is 0. The molecule has 0 bridgehead atoms. The van der Waals surface area contributed by atoms with Crippen LogP contribution in [0.15, 0.2) is 0 Å². The monoisotopic (exact) mass is 322 g/mol. The molecule has 124 valence electrons. The van der Waals surface area contributed by atoms with Gasteiger partial charge in [-0.25, -0.2) is 4.79 Å². The standard InChI is InChI=1S/C13H27N2O5P/c1-2-3-11-20-13(16)15-9-7-14(8-10-15)6-4-5-12-21(17,18)19/h2-12H2,1H3,(H2,17,18,19). The van der Waals surface area contributed by atoms with Gasteiger partial charge in [0.15, 0.2) is 0 Å². The van der Waals surface area contributed by atoms with Crippen molar-refractivity contribution in [1.29, 1.82) is 0 Å². The van der Waals surface area contributed by atoms with Crippen LogP contribution in [0.25, 0.3) is 0 Å². The highest BCUT2D eigenvalue weighted by atomic mass is 31.2. The molecule has 0 saturated carbocycles. The van der Waals surface area contributed by atoms with Crippen LogP contribution in [0.3, 0.4) is 0 Å². The van der Waals surface area contributed by atoms with Gasteiger partial charge in [-0.3, -0.25) is 9.46 Å². The van der Waals surface area contributed by atoms with Crippen LogP contribution in [0.4, 0.5) is 4.79 Å². The number of ether oxygens (including phenoxy) is 1. The van der Waals surface area contributed by atoms with E-state index in [0.717, 1.165) is 38.9 Å². The Kier molecular flexibility index (Phi) is 8.26. The van der Waals surface area contributed by atoms with Gasteiger partial charge in [0.25, 0.3) is 0 Å². The highest BCUT2D eigenvalue weighted by Gasteiger charge is 2.21. The van der Waals surface area contributed by atoms with Crippen LogP contribution in [0.1, 0.15) is 32.6 Å². The third kappa shape index (κ3) is 8.41. The van der Waals surface area contributed by atoms with Gasteiger partial charge in [0, 0.05) is 32.3 Å². The second-order valence-electron chi connectivity index (χ2n) is 5.39. The summed E-state index contributed by atoms with van der Waals surface area (Å²) in [7, 11) is -3.86. The van der Waals surface area contributed by atoms with Crippen molar-refractivity contribution in [3.63, 3.8) is 0 Å². The summed E-state index contributed by atoms with van der Waals surface area (Å²) < 4.78 is 15.9. The number of piperazine rings is 1. The van der Waals surface area contributed by atoms with Crippen LogP contribution in [0, 0.1) is 0 Å². The van der Waals surface area contributed by atoms with Crippen molar-refractivity contribution in [3.8, 4) is 0 Å². The SMILES string of the molecule is CCCCOC(=O)N1CCN(CCCCP(=O)(O)O)CC1. The van der Waals surface area contributed by atoms with Gasteiger partial charge in [-0.2, -0.15) is 0 Å². The molecular weight excluding hydrogens is 295 g/mol. The van der Waals surface area contributed by atoms with Gasteiger partial charge in [-0.1, -0.05) is 13.3 Å². The number of carbonyl (C=O) groups excluding carboxylic acids is 1. The fraction of sp³-hybridized carbons (Fsp3) is 0.923. The van der Waals surface area contributed by atoms with Crippen LogP contribution in [-0.4, -0.2) is 71.2 Å². The number of carbonyl (C=O) groups is 1. The fourth-order valence-electron chi connectivity index (χ4n) is 2.20. The molecule has 1 rings (SSSR count). The Hall–Kier alpha value is -0.620. The molecule has 21 heavy (non-hydrogen) atoms. The van der Waals surface area contributed by atoms with Gasteiger partial charge in [-0.15, -0.1) is 0 Å². The molecule has 1 heterocycles. The lowest BCUT2D eigenvalue weighted by Crippen LogP contribution is -2.49. The molecule has 0 atom stereocenters. The molecule has 0 aromatic heterocycles. The Labute approximate surface area is 126 Å². The van der Waals surface area contributed by atoms with E-state index in [-0.39, 0.29) is 12.3 Å². The van der Waals surface area contributed by atoms with Crippen molar-refractivity contribution < 1.29 is 23.9 Å². The summed E-state index contributed by atoms with van der Waals surface area (Å²) in [5.41, 5.74) is 0. The second-order valence-corrected chi connectivity index (χ2v) is 7.17. The first-order valence-electron chi connectivity index (χ1n) is 7.61. The van der Waals surface area contributed by atoms with Gasteiger partial charge in [-0.05, 0) is 25.8 Å². The zero-order chi connectivity index (χ0) is 15.7. The maximum Gasteiger partial charge on any atom is 0.409 e. The lowest BCUT2D eigenvalue weighted by molar-refractivity contribution is 0.0751. The van der Waals surface area contributed by atoms with Crippen LogP contribution in [0.2, 0.25) is 0 Å². The minimum absolute atomic E-state index is 0.0449. The molecular formula is C13H27N2O5P. The van der Waals surface area contributed by atoms with Crippen molar-refractivity contribution >= 4 is 13.7 Å². The fourth-order valence-corrected chi connectivity index (χ4v) is 2.84. The van der Waals surface area contributed by atoms with E-state index in [1.807, 2.05) is 0 Å². The number of rotatable bonds is 8. The molecule has 0 radical (unpaired) electrons. The topological polar surface area (TPSA) is 90.3 Å². The highest BCUT2D eigenvalue weighted by Crippen LogP contribution is 2.35. The molecule has 0 unspecified atom stereocenters. The molecule has 2 N–H and O–H groups in total. The molecule has 1 aliphatic heterocycles. The largest absolute Gasteiger partial charge is 0.449 e. The summed E-state index contributed by atoms with van der Waals surface area (Å²) in [6.07, 6.45) is 2.93. The predicted octanol–water partition coefficient (Wildman–Crippen LogP) is 1.50. The molecule has 0 spiro atoms. The highest BCUT2D eigenvalue weighted by molar-refractivity contribution is 7.51. The average Bonchev–Trinajstić information content (AvgIpc) is 2.43. The van der Waals surface area contributed by atoms with Gasteiger partial charge < -0.3 is 19.4 Å². The maximum absolute atomic E-state index is 11.7. The van der Waals surface area contributed by atoms with Crippen LogP contribution < -0.4 is 0 Å². The third-order valence-corrected chi connectivity index (χ3v) is 4.43. The molecule has 0 aromatic carbocycles. The van der Waals surface area contributed by atoms with E-state index in [9.17, 15) is 9.36 Å². The minimum Gasteiger partial charge on any atom is -0.449 e. The Morgan fingerprint density at radius 2 is 1.81 bits per heavy atom. The normalized spacial score (nSPS) is 17.0. The lowest BCUT2D eigenvalue weighted by Gasteiger charge is -2.34. The summed E-state index contributed by atoms with van der Waals surface area (Å²) in [6.45, 7) is 6.25. The van der Waals surface area contributed by atoms with E-state index in [2.05, 4.69) is 11.8 Å². The smallest absolute Gasteiger partial charge is 0.409 e. The van der Waals surface area contributed by atoms with E-state index >= 15 is 0 Å². The van der Waals surface area contributed by atoms with Crippen molar-refractivity contribution in [1.82, 2.24) is 9.80 Å². The molecule has 0 aromatic rings. The van der Waals surface area contributed by atoms with Crippen molar-refractivity contribution in [2.45, 2.75) is 32.6 Å². The maximum atomic E-state index is 11.7. The first kappa shape index (κ1) is 18.4. The molecule has 1 fully saturated rings. The second kappa shape index (κ2) is 9.41. The molecule has 0 aliphatic carbocycles. The van der Waals surface area contributed by atoms with Gasteiger partial charge in [0.05, 0.1) is 6.61 Å². The van der Waals surface area contributed by atoms with Crippen LogP contribution in [-0.2, 0) is 9.30 Å². The quantitative estimate of drug-likeness (QED) is 0.520. The van der Waals surface area contributed by atoms with E-state index < -0.39 is 7.60 Å². The van der Waals surface area contributed by atoms with Gasteiger partial charge in [0.2, 0.25) is 0 Å². The van der Waals surface area contributed by atoms with Gasteiger partial charge in [0.1, 0.15) is 0 Å². The third-order valence-electron chi connectivity index (χ3n) is 3.53. The van der Waals surface area contributed by atoms with E-state index in [1.165, 1.54) is 0 Å². The lowest BCUT2D eigenvalue weighted by atomic mass is 10.2. The number of unbranched alkanes of at least 4 members (excludes halogenated alkanes) is 2. The summed E-state index contributed by atoms with van der Waals surface area (Å²) in [5, 5.41) is 0. The Morgan fingerprint density at radius 3 is 2.38 bits per heavy atom. The number of amides is 1. The van der Waals surface area contributed by atoms with E-state index in [0.29, 0.717) is 26.1 Å². The van der Waals surface area contributed by atoms with Gasteiger partial charge >= 0.3 is 13.7 Å². The van der Waals surface area contributed by atoms with Crippen molar-refractivity contribution in [2.24, 2.45) is 0 Å². The Bertz CT molecular complexity index is 352. The number of hydrogen-bond donors (Lipinski definition) is 2.